The maximum absolute atomic E-state index is 13.6. The monoisotopic (exact) mass is 483 g/mol. The molecule has 0 saturated carbocycles. The van der Waals surface area contributed by atoms with Crippen LogP contribution in [0.5, 0.6) is 0 Å². The SMILES string of the molecule is CCOC(=O)c1c(C)[nH]c(C)c1S(=O)(=O)N1CCC[C@@H](C(=O)N2CCC3(CC2)OCCO3)C1. The normalized spacial score (nSPS) is 23.7. The number of carbonyl (C=O) groups is 2. The molecule has 33 heavy (non-hydrogen) atoms. The van der Waals surface area contributed by atoms with E-state index in [2.05, 4.69) is 4.98 Å². The number of aryl methyl sites for hydroxylation is 2. The van der Waals surface area contributed by atoms with Gasteiger partial charge in [-0.2, -0.15) is 4.31 Å². The fourth-order valence-electron chi connectivity index (χ4n) is 5.13. The van der Waals surface area contributed by atoms with Gasteiger partial charge in [0, 0.05) is 50.4 Å². The van der Waals surface area contributed by atoms with Crippen LogP contribution in [0.2, 0.25) is 0 Å². The Hall–Kier alpha value is -1.95. The Morgan fingerprint density at radius 3 is 2.42 bits per heavy atom. The number of likely N-dealkylation sites (tertiary alicyclic amines) is 1. The first-order chi connectivity index (χ1) is 15.7. The van der Waals surface area contributed by atoms with Crippen LogP contribution in [-0.2, 0) is 29.0 Å². The highest BCUT2D eigenvalue weighted by Crippen LogP contribution is 2.34. The summed E-state index contributed by atoms with van der Waals surface area (Å²) in [6.07, 6.45) is 2.46. The molecule has 1 aromatic heterocycles. The lowest BCUT2D eigenvalue weighted by atomic mass is 9.96. The third-order valence-corrected chi connectivity index (χ3v) is 8.82. The quantitative estimate of drug-likeness (QED) is 0.632. The van der Waals surface area contributed by atoms with E-state index < -0.39 is 27.7 Å². The van der Waals surface area contributed by atoms with Crippen LogP contribution >= 0.6 is 0 Å². The Labute approximate surface area is 194 Å². The molecule has 1 spiro atoms. The third kappa shape index (κ3) is 4.55. The van der Waals surface area contributed by atoms with Gasteiger partial charge < -0.3 is 24.1 Å². The van der Waals surface area contributed by atoms with E-state index in [9.17, 15) is 18.0 Å². The van der Waals surface area contributed by atoms with E-state index in [4.69, 9.17) is 14.2 Å². The Balaban J connectivity index is 1.49. The largest absolute Gasteiger partial charge is 0.462 e. The number of carbonyl (C=O) groups excluding carboxylic acids is 2. The maximum Gasteiger partial charge on any atom is 0.341 e. The molecule has 184 valence electrons. The summed E-state index contributed by atoms with van der Waals surface area (Å²) in [7, 11) is -3.99. The first-order valence-electron chi connectivity index (χ1n) is 11.6. The van der Waals surface area contributed by atoms with Crippen molar-refractivity contribution in [1.29, 1.82) is 0 Å². The predicted octanol–water partition coefficient (Wildman–Crippen LogP) is 1.57. The molecule has 0 aromatic carbocycles. The van der Waals surface area contributed by atoms with Crippen LogP contribution in [0.4, 0.5) is 0 Å². The molecule has 4 heterocycles. The summed E-state index contributed by atoms with van der Waals surface area (Å²) in [4.78, 5) is 30.5. The van der Waals surface area contributed by atoms with Crippen molar-refractivity contribution in [1.82, 2.24) is 14.2 Å². The number of amides is 1. The van der Waals surface area contributed by atoms with Crippen molar-refractivity contribution in [2.24, 2.45) is 5.92 Å². The fourth-order valence-corrected chi connectivity index (χ4v) is 7.07. The molecule has 3 saturated heterocycles. The topological polar surface area (TPSA) is 118 Å². The van der Waals surface area contributed by atoms with Gasteiger partial charge in [0.2, 0.25) is 15.9 Å². The van der Waals surface area contributed by atoms with Crippen LogP contribution in [0.1, 0.15) is 54.4 Å². The number of piperidine rings is 2. The number of hydrogen-bond acceptors (Lipinski definition) is 7. The highest BCUT2D eigenvalue weighted by atomic mass is 32.2. The lowest BCUT2D eigenvalue weighted by molar-refractivity contribution is -0.188. The summed E-state index contributed by atoms with van der Waals surface area (Å²) < 4.78 is 45.1. The summed E-state index contributed by atoms with van der Waals surface area (Å²) in [5, 5.41) is 0. The molecule has 3 fully saturated rings. The summed E-state index contributed by atoms with van der Waals surface area (Å²) in [6.45, 7) is 7.74. The van der Waals surface area contributed by atoms with Gasteiger partial charge in [-0.3, -0.25) is 4.79 Å². The number of esters is 1. The molecule has 4 rings (SSSR count). The third-order valence-electron chi connectivity index (χ3n) is 6.78. The molecule has 11 heteroatoms. The molecule has 1 N–H and O–H groups in total. The molecule has 10 nitrogen and oxygen atoms in total. The van der Waals surface area contributed by atoms with Crippen LogP contribution in [0.25, 0.3) is 0 Å². The standard InChI is InChI=1S/C22H33N3O7S/c1-4-30-21(27)18-15(2)23-16(3)19(18)33(28,29)25-9-5-6-17(14-25)20(26)24-10-7-22(8-11-24)31-12-13-32-22/h17,23H,4-14H2,1-3H3/t17-/m1/s1. The van der Waals surface area contributed by atoms with Crippen molar-refractivity contribution in [3.8, 4) is 0 Å². The van der Waals surface area contributed by atoms with Crippen molar-refractivity contribution < 1.29 is 32.2 Å². The minimum absolute atomic E-state index is 0.0321. The van der Waals surface area contributed by atoms with Crippen molar-refractivity contribution in [3.63, 3.8) is 0 Å². The lowest BCUT2D eigenvalue weighted by Crippen LogP contribution is -2.51. The zero-order chi connectivity index (χ0) is 23.8. The van der Waals surface area contributed by atoms with Gasteiger partial charge in [-0.05, 0) is 33.6 Å². The van der Waals surface area contributed by atoms with Crippen LogP contribution in [-0.4, -0.2) is 86.3 Å². The predicted molar refractivity (Wildman–Crippen MR) is 118 cm³/mol. The van der Waals surface area contributed by atoms with Gasteiger partial charge in [-0.15, -0.1) is 0 Å². The van der Waals surface area contributed by atoms with Crippen LogP contribution in [0.15, 0.2) is 4.90 Å². The second-order valence-electron chi connectivity index (χ2n) is 8.93. The molecule has 0 radical (unpaired) electrons. The number of nitrogens with one attached hydrogen (secondary N) is 1. The van der Waals surface area contributed by atoms with Gasteiger partial charge in [0.1, 0.15) is 10.5 Å². The summed E-state index contributed by atoms with van der Waals surface area (Å²) in [5.74, 6) is -1.68. The Morgan fingerprint density at radius 2 is 1.79 bits per heavy atom. The summed E-state index contributed by atoms with van der Waals surface area (Å²) >= 11 is 0. The number of sulfonamides is 1. The number of ether oxygens (including phenoxy) is 3. The van der Waals surface area contributed by atoms with Crippen LogP contribution < -0.4 is 0 Å². The van der Waals surface area contributed by atoms with E-state index in [1.807, 2.05) is 0 Å². The van der Waals surface area contributed by atoms with Crippen molar-refractivity contribution in [3.05, 3.63) is 17.0 Å². The number of H-pyrrole nitrogens is 1. The van der Waals surface area contributed by atoms with E-state index >= 15 is 0 Å². The number of aromatic amines is 1. The number of hydrogen-bond donors (Lipinski definition) is 1. The molecule has 0 bridgehead atoms. The van der Waals surface area contributed by atoms with E-state index in [1.165, 1.54) is 4.31 Å². The Kier molecular flexibility index (Phi) is 6.86. The zero-order valence-corrected chi connectivity index (χ0v) is 20.3. The lowest BCUT2D eigenvalue weighted by Gasteiger charge is -2.40. The molecular weight excluding hydrogens is 450 g/mol. The minimum atomic E-state index is -3.99. The molecular formula is C22H33N3O7S. The van der Waals surface area contributed by atoms with Gasteiger partial charge in [-0.1, -0.05) is 0 Å². The highest BCUT2D eigenvalue weighted by Gasteiger charge is 2.43. The van der Waals surface area contributed by atoms with Gasteiger partial charge in [0.25, 0.3) is 0 Å². The summed E-state index contributed by atoms with van der Waals surface area (Å²) in [5.41, 5.74) is 0.885. The highest BCUT2D eigenvalue weighted by molar-refractivity contribution is 7.89. The molecule has 3 aliphatic heterocycles. The number of aromatic nitrogens is 1. The van der Waals surface area contributed by atoms with Crippen molar-refractivity contribution >= 4 is 21.9 Å². The van der Waals surface area contributed by atoms with E-state index in [0.29, 0.717) is 69.9 Å². The van der Waals surface area contributed by atoms with E-state index in [1.54, 1.807) is 25.7 Å². The number of nitrogens with zero attached hydrogens (tertiary/aromatic N) is 2. The zero-order valence-electron chi connectivity index (χ0n) is 19.5. The molecule has 0 unspecified atom stereocenters. The molecule has 0 aliphatic carbocycles. The molecule has 1 amide bonds. The Bertz CT molecular complexity index is 1000. The fraction of sp³-hybridized carbons (Fsp3) is 0.727. The molecule has 1 atom stereocenters. The Morgan fingerprint density at radius 1 is 1.12 bits per heavy atom. The first-order valence-corrected chi connectivity index (χ1v) is 13.1. The van der Waals surface area contributed by atoms with Gasteiger partial charge >= 0.3 is 5.97 Å². The minimum Gasteiger partial charge on any atom is -0.462 e. The average molecular weight is 484 g/mol. The van der Waals surface area contributed by atoms with Gasteiger partial charge in [-0.25, -0.2) is 13.2 Å². The molecule has 1 aromatic rings. The van der Waals surface area contributed by atoms with Crippen molar-refractivity contribution in [2.45, 2.75) is 57.1 Å². The van der Waals surface area contributed by atoms with Crippen LogP contribution in [0.3, 0.4) is 0 Å². The molecule has 3 aliphatic rings. The van der Waals surface area contributed by atoms with Crippen LogP contribution in [0, 0.1) is 19.8 Å². The second-order valence-corrected chi connectivity index (χ2v) is 10.8. The van der Waals surface area contributed by atoms with E-state index in [-0.39, 0.29) is 29.5 Å². The second kappa shape index (κ2) is 9.36. The smallest absolute Gasteiger partial charge is 0.341 e. The van der Waals surface area contributed by atoms with Gasteiger partial charge in [0.05, 0.1) is 25.7 Å². The maximum atomic E-state index is 13.6. The van der Waals surface area contributed by atoms with E-state index in [0.717, 1.165) is 0 Å². The first kappa shape index (κ1) is 24.2. The number of rotatable bonds is 5. The van der Waals surface area contributed by atoms with Gasteiger partial charge in [0.15, 0.2) is 5.79 Å². The van der Waals surface area contributed by atoms with Crippen molar-refractivity contribution in [2.75, 3.05) is 46.0 Å². The average Bonchev–Trinajstić information content (AvgIpc) is 3.37. The summed E-state index contributed by atoms with van der Waals surface area (Å²) in [6, 6.07) is 0.